The molecule has 2 aromatic rings. The van der Waals surface area contributed by atoms with Crippen LogP contribution in [0, 0.1) is 12.8 Å². The number of Topliss-reactive ketones (excluding diaryl/α,β-unsaturated/α-hetero) is 2. The molecule has 1 aliphatic rings. The maximum atomic E-state index is 13.5. The number of likely N-dealkylation sites (tertiary alicyclic amines) is 1. The summed E-state index contributed by atoms with van der Waals surface area (Å²) in [7, 11) is 2.06. The van der Waals surface area contributed by atoms with Gasteiger partial charge in [-0.15, -0.1) is 0 Å². The van der Waals surface area contributed by atoms with Crippen LogP contribution in [-0.2, 0) is 21.4 Å². The minimum Gasteiger partial charge on any atom is -0.300 e. The number of rotatable bonds is 8. The molecule has 1 heterocycles. The zero-order valence-corrected chi connectivity index (χ0v) is 24.7. The molecule has 0 aliphatic carbocycles. The summed E-state index contributed by atoms with van der Waals surface area (Å²) in [6, 6.07) is 17.3. The van der Waals surface area contributed by atoms with Gasteiger partial charge in [0.25, 0.3) is 0 Å². The van der Waals surface area contributed by atoms with E-state index < -0.39 is 0 Å². The standard InChI is InChI=1S/C29H39NO2.2C2H6.H2/c1-7-24(31)17-19-26-28(32)25(18-12-21-10-8-20(2)9-11-21)27(30(26)6)22-13-15-23(16-14-22)29(3,4)5;2*1-2;/h8-11,13-16,25-27H,7,12,17-19H2,1-6H3;2*1-2H3;1H/t25?,26-,27+;;;/m0.../s1. The summed E-state index contributed by atoms with van der Waals surface area (Å²) in [5.74, 6) is 0.484. The highest BCUT2D eigenvalue weighted by Gasteiger charge is 2.46. The third kappa shape index (κ3) is 8.40. The van der Waals surface area contributed by atoms with Crippen LogP contribution in [0.3, 0.4) is 0 Å². The Labute approximate surface area is 223 Å². The fraction of sp³-hybridized carbons (Fsp3) is 0.576. The quantitative estimate of drug-likeness (QED) is 0.368. The lowest BCUT2D eigenvalue weighted by molar-refractivity contribution is -0.123. The van der Waals surface area contributed by atoms with E-state index in [0.717, 1.165) is 12.8 Å². The Hall–Kier alpha value is -2.26. The normalized spacial score (nSPS) is 19.7. The fourth-order valence-corrected chi connectivity index (χ4v) is 4.93. The zero-order valence-electron chi connectivity index (χ0n) is 24.7. The van der Waals surface area contributed by atoms with Crippen LogP contribution in [0.15, 0.2) is 48.5 Å². The molecule has 0 radical (unpaired) electrons. The van der Waals surface area contributed by atoms with E-state index in [1.807, 2.05) is 34.6 Å². The van der Waals surface area contributed by atoms with Crippen molar-refractivity contribution < 1.29 is 11.0 Å². The van der Waals surface area contributed by atoms with Crippen molar-refractivity contribution in [1.29, 1.82) is 0 Å². The van der Waals surface area contributed by atoms with Gasteiger partial charge < -0.3 is 0 Å². The lowest BCUT2D eigenvalue weighted by Crippen LogP contribution is -2.31. The van der Waals surface area contributed by atoms with Crippen LogP contribution in [-0.4, -0.2) is 29.6 Å². The Morgan fingerprint density at radius 2 is 1.47 bits per heavy atom. The van der Waals surface area contributed by atoms with Crippen LogP contribution in [0.5, 0.6) is 0 Å². The number of ketones is 2. The summed E-state index contributed by atoms with van der Waals surface area (Å²) in [6.07, 6.45) is 3.37. The Kier molecular flexibility index (Phi) is 13.3. The molecule has 0 aromatic heterocycles. The van der Waals surface area contributed by atoms with E-state index >= 15 is 0 Å². The van der Waals surface area contributed by atoms with Crippen LogP contribution in [0.1, 0.15) is 111 Å². The molecule has 3 rings (SSSR count). The molecule has 3 heteroatoms. The molecular formula is C33H53NO2. The van der Waals surface area contributed by atoms with Crippen LogP contribution in [0.4, 0.5) is 0 Å². The van der Waals surface area contributed by atoms with Gasteiger partial charge in [0.1, 0.15) is 5.78 Å². The Bertz CT molecular complexity index is 928. The Balaban J connectivity index is 0.00000247. The van der Waals surface area contributed by atoms with Crippen molar-refractivity contribution in [3.63, 3.8) is 0 Å². The predicted octanol–water partition coefficient (Wildman–Crippen LogP) is 8.52. The number of aryl methyl sites for hydroxylation is 2. The minimum absolute atomic E-state index is 0. The van der Waals surface area contributed by atoms with E-state index in [0.29, 0.717) is 25.0 Å². The lowest BCUT2D eigenvalue weighted by Gasteiger charge is -2.28. The molecule has 36 heavy (non-hydrogen) atoms. The van der Waals surface area contributed by atoms with Gasteiger partial charge in [-0.05, 0) is 55.3 Å². The van der Waals surface area contributed by atoms with Crippen molar-refractivity contribution in [1.82, 2.24) is 4.90 Å². The molecule has 3 atom stereocenters. The number of likely N-dealkylation sites (N-methyl/N-ethyl adjacent to an activating group) is 1. The highest BCUT2D eigenvalue weighted by Crippen LogP contribution is 2.42. The number of hydrogen-bond acceptors (Lipinski definition) is 3. The first kappa shape index (κ1) is 31.8. The van der Waals surface area contributed by atoms with E-state index in [1.54, 1.807) is 0 Å². The van der Waals surface area contributed by atoms with Gasteiger partial charge in [-0.1, -0.05) is 109 Å². The molecule has 0 amide bonds. The SMILES string of the molecule is CC.CC.CCC(=O)CC[C@H]1C(=O)C(CCc2ccc(C)cc2)[C@@H](c2ccc(C(C)(C)C)cc2)N1C.[HH]. The van der Waals surface area contributed by atoms with Crippen LogP contribution >= 0.6 is 0 Å². The second-order valence-corrected chi connectivity index (χ2v) is 10.5. The van der Waals surface area contributed by atoms with E-state index in [1.165, 1.54) is 22.3 Å². The first-order valence-corrected chi connectivity index (χ1v) is 14.0. The van der Waals surface area contributed by atoms with Gasteiger partial charge in [-0.3, -0.25) is 14.5 Å². The van der Waals surface area contributed by atoms with Gasteiger partial charge in [-0.25, -0.2) is 0 Å². The molecule has 2 aromatic carbocycles. The maximum absolute atomic E-state index is 13.5. The first-order valence-electron chi connectivity index (χ1n) is 14.0. The topological polar surface area (TPSA) is 37.4 Å². The second kappa shape index (κ2) is 15.1. The summed E-state index contributed by atoms with van der Waals surface area (Å²) >= 11 is 0. The largest absolute Gasteiger partial charge is 0.300 e. The fourth-order valence-electron chi connectivity index (χ4n) is 4.93. The molecule has 0 spiro atoms. The average Bonchev–Trinajstić information content (AvgIpc) is 3.12. The lowest BCUT2D eigenvalue weighted by atomic mass is 9.83. The maximum Gasteiger partial charge on any atom is 0.154 e. The van der Waals surface area contributed by atoms with Crippen molar-refractivity contribution in [3.05, 3.63) is 70.8 Å². The molecule has 1 unspecified atom stereocenters. The number of nitrogens with zero attached hydrogens (tertiary/aromatic N) is 1. The van der Waals surface area contributed by atoms with Gasteiger partial charge in [0.05, 0.1) is 6.04 Å². The van der Waals surface area contributed by atoms with Crippen molar-refractivity contribution in [2.24, 2.45) is 5.92 Å². The van der Waals surface area contributed by atoms with Crippen LogP contribution in [0.2, 0.25) is 0 Å². The van der Waals surface area contributed by atoms with Gasteiger partial charge >= 0.3 is 0 Å². The van der Waals surface area contributed by atoms with Gasteiger partial charge in [0.15, 0.2) is 5.78 Å². The first-order chi connectivity index (χ1) is 17.1. The van der Waals surface area contributed by atoms with Crippen LogP contribution < -0.4 is 0 Å². The average molecular weight is 496 g/mol. The second-order valence-electron chi connectivity index (χ2n) is 10.5. The highest BCUT2D eigenvalue weighted by molar-refractivity contribution is 5.90. The van der Waals surface area contributed by atoms with Gasteiger partial charge in [0, 0.05) is 26.2 Å². The summed E-state index contributed by atoms with van der Waals surface area (Å²) < 4.78 is 0. The van der Waals surface area contributed by atoms with E-state index in [2.05, 4.69) is 88.2 Å². The number of carbonyl (C=O) groups is 2. The summed E-state index contributed by atoms with van der Waals surface area (Å²) in [5.41, 5.74) is 5.13. The van der Waals surface area contributed by atoms with Crippen molar-refractivity contribution in [2.45, 2.75) is 112 Å². The molecule has 1 saturated heterocycles. The molecule has 202 valence electrons. The number of benzene rings is 2. The van der Waals surface area contributed by atoms with E-state index in [9.17, 15) is 9.59 Å². The number of hydrogen-bond donors (Lipinski definition) is 0. The third-order valence-corrected chi connectivity index (χ3v) is 7.08. The summed E-state index contributed by atoms with van der Waals surface area (Å²) in [5, 5.41) is 0. The van der Waals surface area contributed by atoms with Crippen molar-refractivity contribution >= 4 is 11.6 Å². The highest BCUT2D eigenvalue weighted by atomic mass is 16.1. The van der Waals surface area contributed by atoms with Crippen LogP contribution in [0.25, 0.3) is 0 Å². The Morgan fingerprint density at radius 1 is 0.917 bits per heavy atom. The molecule has 0 saturated carbocycles. The number of carbonyl (C=O) groups excluding carboxylic acids is 2. The third-order valence-electron chi connectivity index (χ3n) is 7.08. The predicted molar refractivity (Wildman–Crippen MR) is 157 cm³/mol. The molecule has 1 fully saturated rings. The molecule has 3 nitrogen and oxygen atoms in total. The van der Waals surface area contributed by atoms with Gasteiger partial charge in [0.2, 0.25) is 0 Å². The smallest absolute Gasteiger partial charge is 0.154 e. The van der Waals surface area contributed by atoms with E-state index in [-0.39, 0.29) is 30.6 Å². The molecular weight excluding hydrogens is 442 g/mol. The minimum atomic E-state index is -0.180. The monoisotopic (exact) mass is 495 g/mol. The Morgan fingerprint density at radius 3 is 1.97 bits per heavy atom. The van der Waals surface area contributed by atoms with Crippen molar-refractivity contribution in [2.75, 3.05) is 7.05 Å². The van der Waals surface area contributed by atoms with E-state index in [4.69, 9.17) is 0 Å². The van der Waals surface area contributed by atoms with Crippen molar-refractivity contribution in [3.8, 4) is 0 Å². The summed E-state index contributed by atoms with van der Waals surface area (Å²) in [4.78, 5) is 27.7. The molecule has 1 aliphatic heterocycles. The molecule has 0 bridgehead atoms. The molecule has 0 N–H and O–H groups in total. The van der Waals surface area contributed by atoms with Gasteiger partial charge in [-0.2, -0.15) is 0 Å². The summed E-state index contributed by atoms with van der Waals surface area (Å²) in [6.45, 7) is 18.7. The zero-order chi connectivity index (χ0) is 27.5.